The largest absolute Gasteiger partial charge is 0.504 e. The second-order valence-corrected chi connectivity index (χ2v) is 3.99. The molecule has 129 valence electrons. The van der Waals surface area contributed by atoms with Crippen LogP contribution in [0.4, 0.5) is 26.3 Å². The van der Waals surface area contributed by atoms with Crippen LogP contribution in [0, 0.1) is 0 Å². The van der Waals surface area contributed by atoms with E-state index in [4.69, 9.17) is 5.11 Å². The SMILES string of the molecule is C1=C\CC/C=C\CC/1.O=C(/C=C(\O)C(F)(F)F)C(F)(F)F.[Rh]. The molecule has 2 nitrogen and oxygen atoms in total. The average Bonchev–Trinajstić information content (AvgIpc) is 2.25. The van der Waals surface area contributed by atoms with Crippen LogP contribution in [0.2, 0.25) is 0 Å². The maximum Gasteiger partial charge on any atom is 0.454 e. The summed E-state index contributed by atoms with van der Waals surface area (Å²) in [6, 6.07) is 0. The van der Waals surface area contributed by atoms with Crippen LogP contribution in [-0.2, 0) is 24.3 Å². The van der Waals surface area contributed by atoms with Crippen LogP contribution < -0.4 is 0 Å². The first-order valence-corrected chi connectivity index (χ1v) is 5.94. The first kappa shape index (κ1) is 23.2. The molecule has 1 aliphatic rings. The van der Waals surface area contributed by atoms with Crippen LogP contribution in [0.25, 0.3) is 0 Å². The molecule has 0 unspecified atom stereocenters. The van der Waals surface area contributed by atoms with E-state index in [0.717, 1.165) is 0 Å². The van der Waals surface area contributed by atoms with E-state index in [1.807, 2.05) is 0 Å². The summed E-state index contributed by atoms with van der Waals surface area (Å²) in [5.41, 5.74) is 0. The van der Waals surface area contributed by atoms with Crippen LogP contribution in [-0.4, -0.2) is 23.2 Å². The van der Waals surface area contributed by atoms with Gasteiger partial charge in [-0.25, -0.2) is 0 Å². The van der Waals surface area contributed by atoms with Gasteiger partial charge in [0.05, 0.1) is 0 Å². The van der Waals surface area contributed by atoms with Crippen molar-refractivity contribution in [3.8, 4) is 0 Å². The van der Waals surface area contributed by atoms with Crippen molar-refractivity contribution in [1.82, 2.24) is 0 Å². The minimum Gasteiger partial charge on any atom is -0.504 e. The van der Waals surface area contributed by atoms with Gasteiger partial charge in [-0.05, 0) is 25.7 Å². The fraction of sp³-hybridized carbons (Fsp3) is 0.462. The molecule has 9 heteroatoms. The first-order chi connectivity index (χ1) is 9.55. The Bertz CT molecular complexity index is 395. The maximum atomic E-state index is 11.4. The van der Waals surface area contributed by atoms with Crippen molar-refractivity contribution in [2.75, 3.05) is 0 Å². The second-order valence-electron chi connectivity index (χ2n) is 3.99. The smallest absolute Gasteiger partial charge is 0.454 e. The summed E-state index contributed by atoms with van der Waals surface area (Å²) in [5, 5.41) is 7.93. The number of allylic oxidation sites excluding steroid dienone is 6. The fourth-order valence-electron chi connectivity index (χ4n) is 1.14. The molecular weight excluding hydrogens is 405 g/mol. The van der Waals surface area contributed by atoms with Gasteiger partial charge < -0.3 is 5.11 Å². The van der Waals surface area contributed by atoms with E-state index < -0.39 is 30.0 Å². The molecule has 0 spiro atoms. The Morgan fingerprint density at radius 3 is 1.36 bits per heavy atom. The topological polar surface area (TPSA) is 37.3 Å². The molecule has 0 aromatic rings. The van der Waals surface area contributed by atoms with E-state index in [-0.39, 0.29) is 19.5 Å². The number of halogens is 6. The molecular formula is C13H14F6O2Rh. The van der Waals surface area contributed by atoms with Crippen LogP contribution in [0.15, 0.2) is 36.1 Å². The van der Waals surface area contributed by atoms with E-state index in [1.165, 1.54) is 25.7 Å². The number of carbonyl (C=O) groups excluding carboxylic acids is 1. The standard InChI is InChI=1S/C8H12.C5H2F6O2.Rh/c1-2-4-6-8-7-5-3-1;6-4(7,8)2(12)1-3(13)5(9,10)11;/h1-2,7-8H,3-6H2;1,12H;/b2-1-,8-7-;2-1-;. The zero-order valence-corrected chi connectivity index (χ0v) is 12.8. The van der Waals surface area contributed by atoms with Crippen molar-refractivity contribution < 1.29 is 55.7 Å². The summed E-state index contributed by atoms with van der Waals surface area (Å²) in [6.07, 6.45) is 2.32. The van der Waals surface area contributed by atoms with E-state index in [0.29, 0.717) is 0 Å². The van der Waals surface area contributed by atoms with Crippen molar-refractivity contribution in [3.05, 3.63) is 36.1 Å². The normalized spacial score (nSPS) is 18.7. The van der Waals surface area contributed by atoms with Gasteiger partial charge in [0.15, 0.2) is 0 Å². The zero-order valence-electron chi connectivity index (χ0n) is 11.2. The summed E-state index contributed by atoms with van der Waals surface area (Å²) >= 11 is 0. The van der Waals surface area contributed by atoms with Crippen molar-refractivity contribution >= 4 is 5.78 Å². The van der Waals surface area contributed by atoms with Crippen molar-refractivity contribution in [3.63, 3.8) is 0 Å². The molecule has 22 heavy (non-hydrogen) atoms. The van der Waals surface area contributed by atoms with Gasteiger partial charge in [0.1, 0.15) is 0 Å². The quantitative estimate of drug-likeness (QED) is 0.218. The Morgan fingerprint density at radius 1 is 0.818 bits per heavy atom. The van der Waals surface area contributed by atoms with Gasteiger partial charge in [0, 0.05) is 25.6 Å². The predicted molar refractivity (Wildman–Crippen MR) is 64.6 cm³/mol. The fourth-order valence-corrected chi connectivity index (χ4v) is 1.14. The van der Waals surface area contributed by atoms with Gasteiger partial charge in [0.25, 0.3) is 5.78 Å². The van der Waals surface area contributed by atoms with E-state index >= 15 is 0 Å². The Balaban J connectivity index is 0. The Labute approximate surface area is 136 Å². The molecule has 0 atom stereocenters. The third kappa shape index (κ3) is 11.5. The molecule has 1 radical (unpaired) electrons. The minimum absolute atomic E-state index is 0. The van der Waals surface area contributed by atoms with Gasteiger partial charge in [0.2, 0.25) is 5.76 Å². The molecule has 1 aliphatic carbocycles. The number of carbonyl (C=O) groups is 1. The number of alkyl halides is 6. The maximum absolute atomic E-state index is 11.4. The number of hydrogen-bond acceptors (Lipinski definition) is 2. The molecule has 0 aromatic heterocycles. The van der Waals surface area contributed by atoms with Crippen molar-refractivity contribution in [2.24, 2.45) is 0 Å². The third-order valence-electron chi connectivity index (χ3n) is 2.17. The van der Waals surface area contributed by atoms with Gasteiger partial charge in [-0.2, -0.15) is 26.3 Å². The number of ketones is 1. The van der Waals surface area contributed by atoms with E-state index in [2.05, 4.69) is 24.3 Å². The molecule has 0 saturated heterocycles. The summed E-state index contributed by atoms with van der Waals surface area (Å²) in [6.45, 7) is 0. The monoisotopic (exact) mass is 419 g/mol. The minimum atomic E-state index is -5.42. The van der Waals surface area contributed by atoms with Gasteiger partial charge in [-0.1, -0.05) is 24.3 Å². The van der Waals surface area contributed by atoms with Gasteiger partial charge in [-0.3, -0.25) is 4.79 Å². The number of hydrogen-bond donors (Lipinski definition) is 1. The predicted octanol–water partition coefficient (Wildman–Crippen LogP) is 4.79. The number of rotatable bonds is 1. The summed E-state index contributed by atoms with van der Waals surface area (Å²) in [7, 11) is 0. The Morgan fingerprint density at radius 2 is 1.14 bits per heavy atom. The molecule has 0 amide bonds. The summed E-state index contributed by atoms with van der Waals surface area (Å²) in [4.78, 5) is 9.86. The first-order valence-electron chi connectivity index (χ1n) is 5.94. The van der Waals surface area contributed by atoms with Crippen LogP contribution in [0.3, 0.4) is 0 Å². The molecule has 1 rings (SSSR count). The molecule has 0 bridgehead atoms. The number of aliphatic hydroxyl groups is 1. The van der Waals surface area contributed by atoms with Crippen molar-refractivity contribution in [1.29, 1.82) is 0 Å². The van der Waals surface area contributed by atoms with Gasteiger partial charge in [-0.15, -0.1) is 0 Å². The summed E-state index contributed by atoms with van der Waals surface area (Å²) in [5.74, 6) is -5.34. The molecule has 0 heterocycles. The van der Waals surface area contributed by atoms with Gasteiger partial charge >= 0.3 is 12.4 Å². The third-order valence-corrected chi connectivity index (χ3v) is 2.17. The molecule has 0 saturated carbocycles. The Hall–Kier alpha value is -1.11. The van der Waals surface area contributed by atoms with E-state index in [1.54, 1.807) is 0 Å². The van der Waals surface area contributed by atoms with Crippen LogP contribution >= 0.6 is 0 Å². The average molecular weight is 419 g/mol. The van der Waals surface area contributed by atoms with Crippen LogP contribution in [0.1, 0.15) is 25.7 Å². The molecule has 0 aromatic carbocycles. The Kier molecular flexibility index (Phi) is 11.2. The second kappa shape index (κ2) is 10.6. The van der Waals surface area contributed by atoms with Crippen LogP contribution in [0.5, 0.6) is 0 Å². The van der Waals surface area contributed by atoms with E-state index in [9.17, 15) is 31.1 Å². The molecule has 0 fully saturated rings. The molecule has 1 N–H and O–H groups in total. The zero-order chi connectivity index (χ0) is 16.5. The molecule has 0 aliphatic heterocycles. The van der Waals surface area contributed by atoms with Crippen molar-refractivity contribution in [2.45, 2.75) is 38.0 Å². The summed E-state index contributed by atoms with van der Waals surface area (Å²) < 4.78 is 68.1. The number of aliphatic hydroxyl groups excluding tert-OH is 1.